The van der Waals surface area contributed by atoms with Crippen molar-refractivity contribution in [2.24, 2.45) is 11.5 Å². The molecule has 4 N–H and O–H groups in total. The molecule has 1 atom stereocenters. The first-order valence-corrected chi connectivity index (χ1v) is 14.5. The van der Waals surface area contributed by atoms with Crippen LogP contribution in [0.4, 0.5) is 4.39 Å². The average molecular weight is 554 g/mol. The highest BCUT2D eigenvalue weighted by atomic mass is 19.1. The van der Waals surface area contributed by atoms with Crippen molar-refractivity contribution in [3.8, 4) is 6.07 Å². The molecule has 1 amide bonds. The van der Waals surface area contributed by atoms with Gasteiger partial charge >= 0.3 is 0 Å². The van der Waals surface area contributed by atoms with E-state index < -0.39 is 5.82 Å². The van der Waals surface area contributed by atoms with Gasteiger partial charge in [-0.2, -0.15) is 5.26 Å². The van der Waals surface area contributed by atoms with Gasteiger partial charge in [0.25, 0.3) is 0 Å². The first kappa shape index (κ1) is 38.8. The van der Waals surface area contributed by atoms with Gasteiger partial charge in [0.1, 0.15) is 18.2 Å². The van der Waals surface area contributed by atoms with Crippen LogP contribution in [0.5, 0.6) is 0 Å². The Hall–Kier alpha value is -3.30. The lowest BCUT2D eigenvalue weighted by molar-refractivity contribution is -0.117. The first-order chi connectivity index (χ1) is 19.1. The highest BCUT2D eigenvalue weighted by molar-refractivity contribution is 5.80. The van der Waals surface area contributed by atoms with Gasteiger partial charge in [0, 0.05) is 12.5 Å². The van der Waals surface area contributed by atoms with Crippen LogP contribution < -0.4 is 11.5 Å². The minimum atomic E-state index is -0.475. The van der Waals surface area contributed by atoms with Crippen LogP contribution in [0.1, 0.15) is 118 Å². The number of hydrogen-bond donors (Lipinski definition) is 2. The van der Waals surface area contributed by atoms with Gasteiger partial charge in [0.05, 0.1) is 5.56 Å². The number of nitrogens with zero attached hydrogens (tertiary/aromatic N) is 1. The zero-order valence-corrected chi connectivity index (χ0v) is 26.1. The molecule has 40 heavy (non-hydrogen) atoms. The lowest BCUT2D eigenvalue weighted by Crippen LogP contribution is -2.19. The topological polar surface area (TPSA) is 110 Å². The van der Waals surface area contributed by atoms with E-state index in [1.54, 1.807) is 13.0 Å². The Labute approximate surface area is 242 Å². The lowest BCUT2D eigenvalue weighted by Gasteiger charge is -2.19. The highest BCUT2D eigenvalue weighted by Crippen LogP contribution is 2.33. The van der Waals surface area contributed by atoms with Crippen LogP contribution in [0.2, 0.25) is 0 Å². The summed E-state index contributed by atoms with van der Waals surface area (Å²) in [6.07, 6.45) is 15.0. The molecule has 1 aliphatic rings. The third-order valence-corrected chi connectivity index (χ3v) is 6.23. The van der Waals surface area contributed by atoms with Crippen molar-refractivity contribution in [1.82, 2.24) is 0 Å². The summed E-state index contributed by atoms with van der Waals surface area (Å²) in [7, 11) is 0. The maximum absolute atomic E-state index is 14.4. The van der Waals surface area contributed by atoms with E-state index in [2.05, 4.69) is 51.7 Å². The van der Waals surface area contributed by atoms with Crippen molar-refractivity contribution in [2.75, 3.05) is 0 Å². The molecule has 0 aliphatic heterocycles. The van der Waals surface area contributed by atoms with Crippen molar-refractivity contribution >= 4 is 17.8 Å². The summed E-state index contributed by atoms with van der Waals surface area (Å²) in [5.74, 6) is -0.721. The molecule has 0 spiro atoms. The van der Waals surface area contributed by atoms with Gasteiger partial charge in [0.15, 0.2) is 0 Å². The Morgan fingerprint density at radius 1 is 1.15 bits per heavy atom. The summed E-state index contributed by atoms with van der Waals surface area (Å²) in [6, 6.07) is 6.95. The van der Waals surface area contributed by atoms with Gasteiger partial charge in [-0.25, -0.2) is 4.39 Å². The fourth-order valence-corrected chi connectivity index (χ4v) is 3.93. The number of benzene rings is 1. The second-order valence-electron chi connectivity index (χ2n) is 9.37. The molecule has 0 saturated heterocycles. The maximum Gasteiger partial charge on any atom is 0.217 e. The second-order valence-corrected chi connectivity index (χ2v) is 9.37. The van der Waals surface area contributed by atoms with Crippen LogP contribution in [0.3, 0.4) is 0 Å². The first-order valence-electron chi connectivity index (χ1n) is 14.5. The monoisotopic (exact) mass is 553 g/mol. The lowest BCUT2D eigenvalue weighted by atomic mass is 9.87. The van der Waals surface area contributed by atoms with Crippen LogP contribution in [-0.4, -0.2) is 18.2 Å². The Kier molecular flexibility index (Phi) is 22.9. The zero-order chi connectivity index (χ0) is 31.1. The number of primary amides is 1. The highest BCUT2D eigenvalue weighted by Gasteiger charge is 2.14. The average Bonchev–Trinajstić information content (AvgIpc) is 2.96. The molecule has 5 nitrogen and oxygen atoms in total. The number of nitriles is 1. The van der Waals surface area contributed by atoms with E-state index in [1.807, 2.05) is 26.0 Å². The van der Waals surface area contributed by atoms with E-state index in [-0.39, 0.29) is 17.5 Å². The number of carbonyl (C=O) groups is 2. The van der Waals surface area contributed by atoms with Crippen LogP contribution in [0.25, 0.3) is 5.57 Å². The molecule has 0 heterocycles. The van der Waals surface area contributed by atoms with Crippen molar-refractivity contribution in [2.45, 2.75) is 113 Å². The van der Waals surface area contributed by atoms with E-state index >= 15 is 0 Å². The number of halogens is 1. The Balaban J connectivity index is 0. The van der Waals surface area contributed by atoms with Gasteiger partial charge in [-0.15, -0.1) is 0 Å². The fraction of sp³-hybridized carbons (Fsp3) is 0.500. The Morgan fingerprint density at radius 3 is 2.17 bits per heavy atom. The van der Waals surface area contributed by atoms with E-state index in [0.29, 0.717) is 6.42 Å². The summed E-state index contributed by atoms with van der Waals surface area (Å²) in [6.45, 7) is 15.7. The minimum Gasteiger partial charge on any atom is -0.370 e. The van der Waals surface area contributed by atoms with Crippen LogP contribution in [0, 0.1) is 17.1 Å². The smallest absolute Gasteiger partial charge is 0.217 e. The molecule has 0 radical (unpaired) electrons. The number of rotatable bonds is 10. The molecule has 0 saturated carbocycles. The molecule has 1 unspecified atom stereocenters. The number of carbonyl (C=O) groups excluding carboxylic acids is 2. The van der Waals surface area contributed by atoms with Crippen LogP contribution in [-0.2, 0) is 9.59 Å². The molecule has 222 valence electrons. The number of aldehydes is 1. The predicted molar refractivity (Wildman–Crippen MR) is 168 cm³/mol. The van der Waals surface area contributed by atoms with Gasteiger partial charge in [0.2, 0.25) is 5.91 Å². The SMILES string of the molecule is CC.CC=O.CCC(N)=O.CCCCC(N)C/C(C)=C/C(=C(\C)C1=CC=C(CC)CC1)c1ccc(C#N)c(F)c1. The van der Waals surface area contributed by atoms with Gasteiger partial charge < -0.3 is 16.3 Å². The molecular weight excluding hydrogens is 501 g/mol. The number of hydrogen-bond acceptors (Lipinski definition) is 4. The summed E-state index contributed by atoms with van der Waals surface area (Å²) in [4.78, 5) is 18.4. The molecule has 1 aromatic rings. The summed E-state index contributed by atoms with van der Waals surface area (Å²) >= 11 is 0. The molecule has 0 fully saturated rings. The molecule has 6 heteroatoms. The number of amides is 1. The summed E-state index contributed by atoms with van der Waals surface area (Å²) in [5.41, 5.74) is 18.0. The minimum absolute atomic E-state index is 0.0745. The number of unbranched alkanes of at least 4 members (excludes halogenated alkanes) is 1. The molecule has 0 bridgehead atoms. The number of allylic oxidation sites excluding steroid dienone is 7. The van der Waals surface area contributed by atoms with Gasteiger partial charge in [-0.1, -0.05) is 82.9 Å². The van der Waals surface area contributed by atoms with Gasteiger partial charge in [-0.05, 0) is 87.3 Å². The largest absolute Gasteiger partial charge is 0.370 e. The molecule has 2 rings (SSSR count). The Bertz CT molecular complexity index is 1080. The maximum atomic E-state index is 14.4. The standard InChI is InChI=1S/C27H35FN2.C3H7NO.C2H4O.C2H6/c1-5-7-8-25(30)15-19(3)16-26(23-13-14-24(18-29)27(28)17-23)20(4)22-11-9-21(6-2)10-12-22;1-2-3(4)5;1-2-3;1-2/h9,11,13-14,16-17,25H,5-8,10,12,15,30H2,1-4H3;2H2,1H3,(H2,4,5);2H,1H3;1-2H3/b19-16+,26-20-;;;. The summed E-state index contributed by atoms with van der Waals surface area (Å²) < 4.78 is 14.4. The zero-order valence-electron chi connectivity index (χ0n) is 26.1. The van der Waals surface area contributed by atoms with E-state index in [0.717, 1.165) is 67.9 Å². The van der Waals surface area contributed by atoms with E-state index in [4.69, 9.17) is 15.8 Å². The molecule has 1 aliphatic carbocycles. The van der Waals surface area contributed by atoms with Gasteiger partial charge in [-0.3, -0.25) is 4.79 Å². The normalized spacial score (nSPS) is 13.7. The molecule has 1 aromatic carbocycles. The number of nitrogens with two attached hydrogens (primary N) is 2. The third-order valence-electron chi connectivity index (χ3n) is 6.23. The van der Waals surface area contributed by atoms with Crippen molar-refractivity contribution in [3.05, 3.63) is 75.7 Å². The van der Waals surface area contributed by atoms with Crippen LogP contribution in [0.15, 0.2) is 58.7 Å². The summed E-state index contributed by atoms with van der Waals surface area (Å²) in [5, 5.41) is 9.08. The predicted octanol–water partition coefficient (Wildman–Crippen LogP) is 8.49. The van der Waals surface area contributed by atoms with Crippen molar-refractivity contribution in [1.29, 1.82) is 5.26 Å². The van der Waals surface area contributed by atoms with Crippen LogP contribution >= 0.6 is 0 Å². The quantitative estimate of drug-likeness (QED) is 0.223. The van der Waals surface area contributed by atoms with E-state index in [1.165, 1.54) is 29.7 Å². The molecule has 0 aromatic heterocycles. The second kappa shape index (κ2) is 23.6. The fourth-order valence-electron chi connectivity index (χ4n) is 3.93. The Morgan fingerprint density at radius 2 is 1.75 bits per heavy atom. The third kappa shape index (κ3) is 16.0. The van der Waals surface area contributed by atoms with E-state index in [9.17, 15) is 9.18 Å². The molecular formula is C34H52FN3O2. The van der Waals surface area contributed by atoms with Crippen molar-refractivity contribution in [3.63, 3.8) is 0 Å². The van der Waals surface area contributed by atoms with Crippen molar-refractivity contribution < 1.29 is 14.0 Å².